The van der Waals surface area contributed by atoms with Crippen LogP contribution in [-0.2, 0) is 4.74 Å². The Morgan fingerprint density at radius 3 is 3.22 bits per heavy atom. The van der Waals surface area contributed by atoms with E-state index >= 15 is 0 Å². The highest BCUT2D eigenvalue weighted by Gasteiger charge is 2.01. The van der Waals surface area contributed by atoms with Gasteiger partial charge in [0.1, 0.15) is 12.6 Å². The molecule has 48 valence electrons. The van der Waals surface area contributed by atoms with Gasteiger partial charge in [0.15, 0.2) is 6.19 Å². The van der Waals surface area contributed by atoms with Gasteiger partial charge in [0.25, 0.3) is 0 Å². The highest BCUT2D eigenvalue weighted by Crippen LogP contribution is 1.93. The molecule has 4 heteroatoms. The molecule has 0 saturated carbocycles. The van der Waals surface area contributed by atoms with E-state index in [1.807, 2.05) is 0 Å². The zero-order valence-electron chi connectivity index (χ0n) is 4.92. The number of nitrogens with zero attached hydrogens (tertiary/aromatic N) is 2. The quantitative estimate of drug-likeness (QED) is 0.361. The Kier molecular flexibility index (Phi) is 2.05. The summed E-state index contributed by atoms with van der Waals surface area (Å²) in [5.74, 6) is 0.726. The van der Waals surface area contributed by atoms with Crippen molar-refractivity contribution in [1.29, 1.82) is 5.26 Å². The van der Waals surface area contributed by atoms with Crippen molar-refractivity contribution in [2.45, 2.75) is 6.42 Å². The number of nitriles is 1. The minimum absolute atomic E-state index is 0.379. The molecule has 0 saturated heterocycles. The largest absolute Gasteiger partial charge is 0.359 e. The molecule has 0 radical (unpaired) electrons. The van der Waals surface area contributed by atoms with Crippen LogP contribution >= 0.6 is 0 Å². The van der Waals surface area contributed by atoms with Crippen LogP contribution in [0.2, 0.25) is 0 Å². The standard InChI is InChI=1S/C5H7N3O/c6-3-7-5-1-2-9-4-8-5/h1-2,4H2,(H,7,8). The SMILES string of the molecule is N#CNC1=NCOCC1. The van der Waals surface area contributed by atoms with Gasteiger partial charge >= 0.3 is 0 Å². The Morgan fingerprint density at radius 1 is 1.78 bits per heavy atom. The van der Waals surface area contributed by atoms with Crippen molar-refractivity contribution < 1.29 is 4.74 Å². The second-order valence-electron chi connectivity index (χ2n) is 1.63. The first kappa shape index (κ1) is 6.05. The summed E-state index contributed by atoms with van der Waals surface area (Å²) in [7, 11) is 0. The maximum Gasteiger partial charge on any atom is 0.182 e. The van der Waals surface area contributed by atoms with Crippen molar-refractivity contribution in [3.8, 4) is 6.19 Å². The molecular formula is C5H7N3O. The third-order valence-electron chi connectivity index (χ3n) is 1.03. The number of nitrogens with one attached hydrogen (secondary N) is 1. The number of amidine groups is 1. The molecule has 0 aromatic heterocycles. The Bertz CT molecular complexity index is 158. The fourth-order valence-corrected chi connectivity index (χ4v) is 0.603. The zero-order valence-corrected chi connectivity index (χ0v) is 4.92. The lowest BCUT2D eigenvalue weighted by atomic mass is 10.4. The Balaban J connectivity index is 2.39. The van der Waals surface area contributed by atoms with Crippen LogP contribution in [0, 0.1) is 11.5 Å². The van der Waals surface area contributed by atoms with Crippen LogP contribution in [0.5, 0.6) is 0 Å². The van der Waals surface area contributed by atoms with Crippen LogP contribution in [-0.4, -0.2) is 19.2 Å². The monoisotopic (exact) mass is 125 g/mol. The normalized spacial score (nSPS) is 17.9. The predicted octanol–water partition coefficient (Wildman–Crippen LogP) is -0.167. The highest BCUT2D eigenvalue weighted by atomic mass is 16.5. The predicted molar refractivity (Wildman–Crippen MR) is 31.6 cm³/mol. The molecule has 1 N–H and O–H groups in total. The van der Waals surface area contributed by atoms with Crippen molar-refractivity contribution in [2.75, 3.05) is 13.3 Å². The number of hydrogen-bond acceptors (Lipinski definition) is 4. The van der Waals surface area contributed by atoms with Crippen molar-refractivity contribution in [1.82, 2.24) is 5.32 Å². The third-order valence-corrected chi connectivity index (χ3v) is 1.03. The summed E-state index contributed by atoms with van der Waals surface area (Å²) in [5, 5.41) is 10.6. The van der Waals surface area contributed by atoms with E-state index in [9.17, 15) is 0 Å². The van der Waals surface area contributed by atoms with Gasteiger partial charge in [-0.25, -0.2) is 4.99 Å². The average Bonchev–Trinajstić information content (AvgIpc) is 1.91. The van der Waals surface area contributed by atoms with Gasteiger partial charge in [-0.3, -0.25) is 5.32 Å². The first-order chi connectivity index (χ1) is 4.43. The third kappa shape index (κ3) is 1.70. The molecule has 0 bridgehead atoms. The van der Waals surface area contributed by atoms with Crippen LogP contribution < -0.4 is 5.32 Å². The summed E-state index contributed by atoms with van der Waals surface area (Å²) in [6.45, 7) is 1.04. The van der Waals surface area contributed by atoms with E-state index in [0.717, 1.165) is 5.84 Å². The summed E-state index contributed by atoms with van der Waals surface area (Å²) in [5.41, 5.74) is 0. The van der Waals surface area contributed by atoms with Gasteiger partial charge in [0.05, 0.1) is 6.61 Å². The number of aliphatic imine (C=N–C) groups is 1. The highest BCUT2D eigenvalue weighted by molar-refractivity contribution is 5.83. The van der Waals surface area contributed by atoms with Crippen LogP contribution in [0.3, 0.4) is 0 Å². The fraction of sp³-hybridized carbons (Fsp3) is 0.600. The molecule has 0 spiro atoms. The topological polar surface area (TPSA) is 57.4 Å². The first-order valence-electron chi connectivity index (χ1n) is 2.69. The molecule has 1 aliphatic rings. The van der Waals surface area contributed by atoms with E-state index in [1.54, 1.807) is 6.19 Å². The number of rotatable bonds is 0. The lowest BCUT2D eigenvalue weighted by Gasteiger charge is -2.09. The fourth-order valence-electron chi connectivity index (χ4n) is 0.603. The van der Waals surface area contributed by atoms with Crippen molar-refractivity contribution in [2.24, 2.45) is 4.99 Å². The Hall–Kier alpha value is -1.08. The van der Waals surface area contributed by atoms with E-state index in [4.69, 9.17) is 10.00 Å². The second kappa shape index (κ2) is 3.05. The summed E-state index contributed by atoms with van der Waals surface area (Å²) < 4.78 is 4.91. The summed E-state index contributed by atoms with van der Waals surface area (Å²) >= 11 is 0. The molecule has 1 heterocycles. The van der Waals surface area contributed by atoms with Crippen molar-refractivity contribution in [3.63, 3.8) is 0 Å². The van der Waals surface area contributed by atoms with Crippen molar-refractivity contribution in [3.05, 3.63) is 0 Å². The number of hydrogen-bond donors (Lipinski definition) is 1. The van der Waals surface area contributed by atoms with Gasteiger partial charge in [-0.15, -0.1) is 0 Å². The van der Waals surface area contributed by atoms with E-state index in [-0.39, 0.29) is 0 Å². The van der Waals surface area contributed by atoms with E-state index in [2.05, 4.69) is 10.3 Å². The van der Waals surface area contributed by atoms with Crippen molar-refractivity contribution >= 4 is 5.84 Å². The minimum Gasteiger partial charge on any atom is -0.359 e. The second-order valence-corrected chi connectivity index (χ2v) is 1.63. The summed E-state index contributed by atoms with van der Waals surface area (Å²) in [4.78, 5) is 3.88. The molecule has 1 rings (SSSR count). The summed E-state index contributed by atoms with van der Waals surface area (Å²) in [6, 6.07) is 0. The molecule has 9 heavy (non-hydrogen) atoms. The maximum atomic E-state index is 8.14. The summed E-state index contributed by atoms with van der Waals surface area (Å²) in [6.07, 6.45) is 2.52. The zero-order chi connectivity index (χ0) is 6.53. The lowest BCUT2D eigenvalue weighted by molar-refractivity contribution is 0.139. The van der Waals surface area contributed by atoms with E-state index in [1.165, 1.54) is 0 Å². The van der Waals surface area contributed by atoms with Gasteiger partial charge in [0, 0.05) is 6.42 Å². The van der Waals surface area contributed by atoms with Gasteiger partial charge in [-0.05, 0) is 0 Å². The first-order valence-corrected chi connectivity index (χ1v) is 2.69. The van der Waals surface area contributed by atoms with Gasteiger partial charge in [-0.1, -0.05) is 0 Å². The number of ether oxygens (including phenoxy) is 1. The van der Waals surface area contributed by atoms with Gasteiger partial charge < -0.3 is 4.74 Å². The lowest BCUT2D eigenvalue weighted by Crippen LogP contribution is -2.23. The molecule has 1 aliphatic heterocycles. The molecule has 0 aromatic rings. The van der Waals surface area contributed by atoms with Crippen LogP contribution in [0.4, 0.5) is 0 Å². The van der Waals surface area contributed by atoms with Crippen LogP contribution in [0.25, 0.3) is 0 Å². The Labute approximate surface area is 53.1 Å². The molecular weight excluding hydrogens is 118 g/mol. The smallest absolute Gasteiger partial charge is 0.182 e. The molecule has 0 amide bonds. The minimum atomic E-state index is 0.379. The molecule has 0 fully saturated rings. The average molecular weight is 125 g/mol. The molecule has 0 aliphatic carbocycles. The molecule has 0 unspecified atom stereocenters. The van der Waals surface area contributed by atoms with E-state index < -0.39 is 0 Å². The van der Waals surface area contributed by atoms with Crippen LogP contribution in [0.1, 0.15) is 6.42 Å². The maximum absolute atomic E-state index is 8.14. The van der Waals surface area contributed by atoms with Crippen LogP contribution in [0.15, 0.2) is 4.99 Å². The van der Waals surface area contributed by atoms with Gasteiger partial charge in [-0.2, -0.15) is 5.26 Å². The molecule has 4 nitrogen and oxygen atoms in total. The molecule has 0 atom stereocenters. The Morgan fingerprint density at radius 2 is 2.67 bits per heavy atom. The van der Waals surface area contributed by atoms with Gasteiger partial charge in [0.2, 0.25) is 0 Å². The molecule has 0 aromatic carbocycles. The van der Waals surface area contributed by atoms with E-state index in [0.29, 0.717) is 19.8 Å².